The lowest BCUT2D eigenvalue weighted by atomic mass is 10.4. The lowest BCUT2D eigenvalue weighted by Gasteiger charge is -2.12. The predicted molar refractivity (Wildman–Crippen MR) is 139 cm³/mol. The van der Waals surface area contributed by atoms with Crippen LogP contribution in [0.5, 0.6) is 0 Å². The lowest BCUT2D eigenvalue weighted by molar-refractivity contribution is -0.153. The van der Waals surface area contributed by atoms with Gasteiger partial charge in [0.15, 0.2) is 6.10 Å². The van der Waals surface area contributed by atoms with E-state index in [1.165, 1.54) is 0 Å². The molecule has 1 N–H and O–H groups in total. The molecule has 5 heteroatoms. The summed E-state index contributed by atoms with van der Waals surface area (Å²) in [5, 5.41) is 9.24. The molecule has 0 rings (SSSR count). The Morgan fingerprint density at radius 1 is 0.526 bits per heavy atom. The van der Waals surface area contributed by atoms with Gasteiger partial charge < -0.3 is 14.6 Å². The van der Waals surface area contributed by atoms with Crippen molar-refractivity contribution in [2.75, 3.05) is 13.2 Å². The van der Waals surface area contributed by atoms with E-state index in [-0.39, 0.29) is 0 Å². The molecular weight excluding hydrogens is 476 g/mol. The molecule has 38 heavy (non-hydrogen) atoms. The first kappa shape index (κ1) is 30.7. The molecule has 0 saturated carbocycles. The van der Waals surface area contributed by atoms with Crippen molar-refractivity contribution >= 4 is 11.9 Å². The minimum absolute atomic E-state index is 0.458. The second-order valence-electron chi connectivity index (χ2n) is 5.10. The van der Waals surface area contributed by atoms with Crippen LogP contribution in [0.4, 0.5) is 0 Å². The zero-order chi connectivity index (χ0) is 27.9. The second kappa shape index (κ2) is 24.4. The zero-order valence-electron chi connectivity index (χ0n) is 19.2. The second-order valence-corrected chi connectivity index (χ2v) is 5.10. The van der Waals surface area contributed by atoms with Crippen molar-refractivity contribution in [2.45, 2.75) is 6.10 Å². The number of rotatable bonds is 4. The maximum atomic E-state index is 11.6. The quantitative estimate of drug-likeness (QED) is 0.307. The molecule has 0 aliphatic heterocycles. The van der Waals surface area contributed by atoms with Crippen molar-refractivity contribution in [2.24, 2.45) is 0 Å². The molecule has 0 aliphatic rings. The smallest absolute Gasteiger partial charge is 0.385 e. The first-order valence-electron chi connectivity index (χ1n) is 9.55. The third-order valence-electron chi connectivity index (χ3n) is 2.60. The van der Waals surface area contributed by atoms with E-state index in [1.807, 2.05) is 0 Å². The molecule has 0 fully saturated rings. The molecule has 0 radical (unpaired) electrons. The number of carbonyl (C=O) groups excluding carboxylic acids is 2. The predicted octanol–water partition coefficient (Wildman–Crippen LogP) is -1.26. The highest BCUT2D eigenvalue weighted by atomic mass is 16.6. The van der Waals surface area contributed by atoms with Crippen LogP contribution in [0.1, 0.15) is 0 Å². The number of terminal acetylenes is 2. The van der Waals surface area contributed by atoms with Crippen LogP contribution >= 0.6 is 0 Å². The Labute approximate surface area is 222 Å². The van der Waals surface area contributed by atoms with E-state index in [1.54, 1.807) is 0 Å². The summed E-state index contributed by atoms with van der Waals surface area (Å²) < 4.78 is 9.60. The van der Waals surface area contributed by atoms with Gasteiger partial charge in [0.2, 0.25) is 0 Å². The van der Waals surface area contributed by atoms with Gasteiger partial charge in [-0.05, 0) is 142 Å². The molecule has 0 unspecified atom stereocenters. The van der Waals surface area contributed by atoms with Gasteiger partial charge in [-0.2, -0.15) is 0 Å². The van der Waals surface area contributed by atoms with E-state index in [9.17, 15) is 14.7 Å². The van der Waals surface area contributed by atoms with Gasteiger partial charge in [0, 0.05) is 11.8 Å². The molecule has 0 aliphatic carbocycles. The molecule has 0 amide bonds. The summed E-state index contributed by atoms with van der Waals surface area (Å²) >= 11 is 0. The van der Waals surface area contributed by atoms with Crippen LogP contribution in [0.15, 0.2) is 0 Å². The van der Waals surface area contributed by atoms with Gasteiger partial charge in [-0.3, -0.25) is 0 Å². The fourth-order valence-electron chi connectivity index (χ4n) is 1.31. The van der Waals surface area contributed by atoms with Gasteiger partial charge in [-0.25, -0.2) is 9.59 Å². The Morgan fingerprint density at radius 2 is 0.842 bits per heavy atom. The Morgan fingerprint density at radius 3 is 1.18 bits per heavy atom. The van der Waals surface area contributed by atoms with Crippen LogP contribution in [-0.4, -0.2) is 36.4 Å². The number of hydrogen-bond acceptors (Lipinski definition) is 5. The molecule has 5 nitrogen and oxygen atoms in total. The van der Waals surface area contributed by atoms with Gasteiger partial charge >= 0.3 is 11.9 Å². The average Bonchev–Trinajstić information content (AvgIpc) is 2.92. The Kier molecular flexibility index (Phi) is 19.7. The number of ether oxygens (including phenoxy) is 2. The molecule has 0 spiro atoms. The standard InChI is InChI=1S/C33H8O5/c1-3-5-7-9-11-13-15-17-19-21-23-25-27-32(35)37-30-31(29-34)38-33(36)28-26-24-22-20-18-16-14-12-10-8-6-4-2/h1-2,31,34H,29-30H2/t31-/m1/s1. The fourth-order valence-corrected chi connectivity index (χ4v) is 1.31. The monoisotopic (exact) mass is 484 g/mol. The van der Waals surface area contributed by atoms with Crippen molar-refractivity contribution in [3.63, 3.8) is 0 Å². The highest BCUT2D eigenvalue weighted by molar-refractivity contribution is 5.90. The van der Waals surface area contributed by atoms with E-state index in [0.29, 0.717) is 0 Å². The van der Waals surface area contributed by atoms with E-state index >= 15 is 0 Å². The maximum Gasteiger partial charge on any atom is 0.385 e. The van der Waals surface area contributed by atoms with Crippen LogP contribution in [0, 0.1) is 167 Å². The first-order valence-corrected chi connectivity index (χ1v) is 9.55. The largest absolute Gasteiger partial charge is 0.452 e. The molecule has 0 aromatic carbocycles. The van der Waals surface area contributed by atoms with Crippen molar-refractivity contribution in [1.82, 2.24) is 0 Å². The van der Waals surface area contributed by atoms with Gasteiger partial charge in [0.05, 0.1) is 6.61 Å². The van der Waals surface area contributed by atoms with Crippen LogP contribution in [-0.2, 0) is 19.1 Å². The Hall–Kier alpha value is -7.26. The maximum absolute atomic E-state index is 11.6. The fraction of sp³-hybridized carbons (Fsp3) is 0.0909. The van der Waals surface area contributed by atoms with Gasteiger partial charge in [-0.15, -0.1) is 12.8 Å². The topological polar surface area (TPSA) is 72.8 Å². The molecular formula is C33H8O5. The molecule has 170 valence electrons. The van der Waals surface area contributed by atoms with Gasteiger partial charge in [0.1, 0.15) is 6.61 Å². The van der Waals surface area contributed by atoms with E-state index in [4.69, 9.17) is 22.3 Å². The number of carbonyl (C=O) groups is 2. The first-order chi connectivity index (χ1) is 18.6. The molecule has 1 atom stereocenters. The van der Waals surface area contributed by atoms with Crippen LogP contribution < -0.4 is 0 Å². The van der Waals surface area contributed by atoms with Crippen LogP contribution in [0.2, 0.25) is 0 Å². The molecule has 0 heterocycles. The highest BCUT2D eigenvalue weighted by Gasteiger charge is 2.14. The van der Waals surface area contributed by atoms with Gasteiger partial charge in [-0.1, -0.05) is 0 Å². The summed E-state index contributed by atoms with van der Waals surface area (Å²) in [6.45, 7) is -1.08. The lowest BCUT2D eigenvalue weighted by Crippen LogP contribution is -2.27. The number of aliphatic hydroxyl groups excluding tert-OH is 1. The van der Waals surface area contributed by atoms with Crippen molar-refractivity contribution < 1.29 is 24.2 Å². The molecule has 0 aromatic rings. The Bertz CT molecular complexity index is 1800. The van der Waals surface area contributed by atoms with E-state index < -0.39 is 31.3 Å². The van der Waals surface area contributed by atoms with Crippen molar-refractivity contribution in [1.29, 1.82) is 0 Å². The summed E-state index contributed by atoms with van der Waals surface area (Å²) in [6, 6.07) is 0. The zero-order valence-corrected chi connectivity index (χ0v) is 19.2. The SMILES string of the molecule is C#CC#CC#CC#CC#CC#CC#CC(=O)OC[C@@H](CO)OC(=O)C#CC#CC#CC#CC#CC#CC#C. The third kappa shape index (κ3) is 22.0. The molecule has 0 bridgehead atoms. The number of esters is 2. The van der Waals surface area contributed by atoms with Crippen molar-refractivity contribution in [3.05, 3.63) is 0 Å². The number of hydrogen-bond donors (Lipinski definition) is 1. The average molecular weight is 484 g/mol. The highest BCUT2D eigenvalue weighted by Crippen LogP contribution is 1.94. The summed E-state index contributed by atoms with van der Waals surface area (Å²) in [5.74, 6) is 58.1. The summed E-state index contributed by atoms with van der Waals surface area (Å²) in [7, 11) is 0. The normalized spacial score (nSPS) is 6.39. The van der Waals surface area contributed by atoms with Gasteiger partial charge in [0.25, 0.3) is 0 Å². The summed E-state index contributed by atoms with van der Waals surface area (Å²) in [6.07, 6.45) is 8.67. The molecule has 0 aromatic heterocycles. The Balaban J connectivity index is 4.59. The summed E-state index contributed by atoms with van der Waals surface area (Å²) in [5.41, 5.74) is 0. The minimum atomic E-state index is -1.16. The van der Waals surface area contributed by atoms with Crippen molar-refractivity contribution in [3.8, 4) is 167 Å². The molecule has 0 saturated heterocycles. The third-order valence-corrected chi connectivity index (χ3v) is 2.60. The van der Waals surface area contributed by atoms with E-state index in [2.05, 4.69) is 154 Å². The van der Waals surface area contributed by atoms with Crippen LogP contribution in [0.3, 0.4) is 0 Å². The van der Waals surface area contributed by atoms with Crippen LogP contribution in [0.25, 0.3) is 0 Å². The summed E-state index contributed by atoms with van der Waals surface area (Å²) in [4.78, 5) is 23.2. The minimum Gasteiger partial charge on any atom is -0.452 e. The number of aliphatic hydroxyl groups is 1. The van der Waals surface area contributed by atoms with E-state index in [0.717, 1.165) is 0 Å².